The molecule has 0 saturated carbocycles. The monoisotopic (exact) mass is 254 g/mol. The molecule has 0 bridgehead atoms. The van der Waals surface area contributed by atoms with E-state index in [0.717, 1.165) is 10.2 Å². The average molecular weight is 254 g/mol. The molecule has 0 spiro atoms. The molecular formula is C7H18N4S3. The summed E-state index contributed by atoms with van der Waals surface area (Å²) in [5, 5.41) is 5.98. The molecule has 0 saturated heterocycles. The van der Waals surface area contributed by atoms with Crippen molar-refractivity contribution in [3.05, 3.63) is 0 Å². The summed E-state index contributed by atoms with van der Waals surface area (Å²) in [6.07, 6.45) is 0. The van der Waals surface area contributed by atoms with Crippen molar-refractivity contribution in [2.24, 2.45) is 0 Å². The van der Waals surface area contributed by atoms with Crippen LogP contribution in [0.4, 0.5) is 0 Å². The van der Waals surface area contributed by atoms with Crippen molar-refractivity contribution in [2.75, 3.05) is 41.1 Å². The van der Waals surface area contributed by atoms with Gasteiger partial charge in [-0.05, 0) is 10.8 Å². The van der Waals surface area contributed by atoms with Crippen LogP contribution in [0.25, 0.3) is 0 Å². The zero-order chi connectivity index (χ0) is 11.1. The Morgan fingerprint density at radius 3 is 2.21 bits per heavy atom. The van der Waals surface area contributed by atoms with Gasteiger partial charge in [0, 0.05) is 35.2 Å². The first-order valence-electron chi connectivity index (χ1n) is 4.09. The Kier molecular flexibility index (Phi) is 7.98. The number of hydrazine groups is 2. The molecule has 1 N–H and O–H groups in total. The van der Waals surface area contributed by atoms with E-state index in [0.29, 0.717) is 0 Å². The van der Waals surface area contributed by atoms with Crippen LogP contribution in [0.15, 0.2) is 0 Å². The molecule has 0 aliphatic heterocycles. The van der Waals surface area contributed by atoms with E-state index < -0.39 is 0 Å². The molecule has 0 aromatic heterocycles. The van der Waals surface area contributed by atoms with Crippen molar-refractivity contribution in [3.8, 4) is 0 Å². The number of nitrogens with zero attached hydrogens (tertiary/aromatic N) is 3. The predicted molar refractivity (Wildman–Crippen MR) is 70.9 cm³/mol. The van der Waals surface area contributed by atoms with Crippen LogP contribution in [0.5, 0.6) is 0 Å². The maximum absolute atomic E-state index is 5.11. The Balaban J connectivity index is 3.49. The summed E-state index contributed by atoms with van der Waals surface area (Å²) in [6, 6.07) is 0. The number of rotatable bonds is 5. The normalized spacial score (nSPS) is 11.4. The zero-order valence-corrected chi connectivity index (χ0v) is 11.7. The lowest BCUT2D eigenvalue weighted by atomic mass is 11.0. The Bertz CT molecular complexity index is 174. The third-order valence-corrected chi connectivity index (χ3v) is 4.04. The lowest BCUT2D eigenvalue weighted by molar-refractivity contribution is 0.0815. The first-order chi connectivity index (χ1) is 6.43. The number of thiocarbonyl (C=S) groups is 1. The largest absolute Gasteiger partial charge is 0.304 e. The molecule has 0 aromatic carbocycles. The topological polar surface area (TPSA) is 21.8 Å². The Morgan fingerprint density at radius 2 is 1.79 bits per heavy atom. The molecular weight excluding hydrogens is 236 g/mol. The van der Waals surface area contributed by atoms with Gasteiger partial charge >= 0.3 is 0 Å². The Hall–Kier alpha value is 0.470. The molecule has 4 nitrogen and oxygen atoms in total. The van der Waals surface area contributed by atoms with E-state index in [9.17, 15) is 0 Å². The second-order valence-electron chi connectivity index (χ2n) is 3.13. The molecule has 0 rings (SSSR count). The van der Waals surface area contributed by atoms with Gasteiger partial charge in [0.1, 0.15) is 0 Å². The molecule has 0 amide bonds. The third kappa shape index (κ3) is 7.84. The lowest BCUT2D eigenvalue weighted by Gasteiger charge is -2.23. The van der Waals surface area contributed by atoms with Gasteiger partial charge in [0.15, 0.2) is 4.32 Å². The standard InChI is InChI=1S/C7H18N4S3/c1-9(2)8-7(12)14-13-6-11(5)10(3)4/h6H2,1-5H3,(H,8,12). The predicted octanol–water partition coefficient (Wildman–Crippen LogP) is 1.08. The minimum Gasteiger partial charge on any atom is -0.304 e. The molecule has 0 radical (unpaired) electrons. The van der Waals surface area contributed by atoms with Crippen LogP contribution < -0.4 is 5.43 Å². The van der Waals surface area contributed by atoms with E-state index in [-0.39, 0.29) is 0 Å². The first-order valence-corrected chi connectivity index (χ1v) is 6.82. The van der Waals surface area contributed by atoms with Crippen molar-refractivity contribution >= 4 is 38.1 Å². The second kappa shape index (κ2) is 7.72. The van der Waals surface area contributed by atoms with Gasteiger partial charge in [-0.15, -0.1) is 0 Å². The highest BCUT2D eigenvalue weighted by atomic mass is 33.1. The van der Waals surface area contributed by atoms with Crippen molar-refractivity contribution in [3.63, 3.8) is 0 Å². The lowest BCUT2D eigenvalue weighted by Crippen LogP contribution is -2.34. The molecule has 0 heterocycles. The summed E-state index contributed by atoms with van der Waals surface area (Å²) >= 11 is 5.11. The number of nitrogens with one attached hydrogen (secondary N) is 1. The fourth-order valence-electron chi connectivity index (χ4n) is 0.473. The highest BCUT2D eigenvalue weighted by molar-refractivity contribution is 8.83. The molecule has 0 aliphatic carbocycles. The van der Waals surface area contributed by atoms with Gasteiger partial charge in [-0.25, -0.2) is 15.0 Å². The SMILES string of the molecule is CN(C)NC(=S)SSCN(C)N(C)C. The molecule has 7 heteroatoms. The smallest absolute Gasteiger partial charge is 0.158 e. The molecule has 0 unspecified atom stereocenters. The minimum atomic E-state index is 0.784. The maximum Gasteiger partial charge on any atom is 0.158 e. The van der Waals surface area contributed by atoms with Gasteiger partial charge in [0.05, 0.1) is 5.88 Å². The number of hydrogen-bond acceptors (Lipinski definition) is 6. The summed E-state index contributed by atoms with van der Waals surface area (Å²) < 4.78 is 0.784. The van der Waals surface area contributed by atoms with E-state index in [2.05, 4.69) is 10.4 Å². The fraction of sp³-hybridized carbons (Fsp3) is 0.857. The Labute approximate surface area is 99.7 Å². The summed E-state index contributed by atoms with van der Waals surface area (Å²) in [4.78, 5) is 0. The molecule has 84 valence electrons. The zero-order valence-electron chi connectivity index (χ0n) is 9.27. The molecule has 0 aliphatic rings. The fourth-order valence-corrected chi connectivity index (χ4v) is 2.90. The van der Waals surface area contributed by atoms with Crippen LogP contribution in [0.3, 0.4) is 0 Å². The molecule has 0 fully saturated rings. The Morgan fingerprint density at radius 1 is 1.21 bits per heavy atom. The quantitative estimate of drug-likeness (QED) is 0.339. The van der Waals surface area contributed by atoms with Crippen molar-refractivity contribution in [1.29, 1.82) is 0 Å². The van der Waals surface area contributed by atoms with Crippen LogP contribution >= 0.6 is 33.8 Å². The van der Waals surface area contributed by atoms with E-state index in [1.807, 2.05) is 45.3 Å². The highest BCUT2D eigenvalue weighted by Gasteiger charge is 2.03. The van der Waals surface area contributed by atoms with Gasteiger partial charge in [-0.3, -0.25) is 0 Å². The molecule has 0 atom stereocenters. The van der Waals surface area contributed by atoms with Gasteiger partial charge in [0.25, 0.3) is 0 Å². The van der Waals surface area contributed by atoms with Gasteiger partial charge in [-0.2, -0.15) is 0 Å². The minimum absolute atomic E-state index is 0.784. The van der Waals surface area contributed by atoms with Crippen LogP contribution in [-0.4, -0.2) is 60.5 Å². The van der Waals surface area contributed by atoms with E-state index >= 15 is 0 Å². The summed E-state index contributed by atoms with van der Waals surface area (Å²) in [5.74, 6) is 0.910. The van der Waals surface area contributed by atoms with Crippen LogP contribution in [0, 0.1) is 0 Å². The van der Waals surface area contributed by atoms with E-state index in [1.54, 1.807) is 21.6 Å². The van der Waals surface area contributed by atoms with Crippen molar-refractivity contribution < 1.29 is 0 Å². The molecule has 0 aromatic rings. The van der Waals surface area contributed by atoms with Crippen LogP contribution in [0.1, 0.15) is 0 Å². The number of hydrogen-bond donors (Lipinski definition) is 1. The van der Waals surface area contributed by atoms with Crippen LogP contribution in [0.2, 0.25) is 0 Å². The summed E-state index contributed by atoms with van der Waals surface area (Å²) in [5.41, 5.74) is 3.02. The third-order valence-electron chi connectivity index (χ3n) is 1.37. The van der Waals surface area contributed by atoms with Crippen LogP contribution in [-0.2, 0) is 0 Å². The van der Waals surface area contributed by atoms with Crippen molar-refractivity contribution in [1.82, 2.24) is 20.5 Å². The highest BCUT2D eigenvalue weighted by Crippen LogP contribution is 2.22. The average Bonchev–Trinajstić information content (AvgIpc) is 2.02. The second-order valence-corrected chi connectivity index (χ2v) is 6.07. The summed E-state index contributed by atoms with van der Waals surface area (Å²) in [6.45, 7) is 0. The van der Waals surface area contributed by atoms with Gasteiger partial charge in [0.2, 0.25) is 0 Å². The maximum atomic E-state index is 5.11. The van der Waals surface area contributed by atoms with Gasteiger partial charge in [-0.1, -0.05) is 23.0 Å². The first kappa shape index (κ1) is 14.5. The summed E-state index contributed by atoms with van der Waals surface area (Å²) in [7, 11) is 13.2. The van der Waals surface area contributed by atoms with Gasteiger partial charge < -0.3 is 5.43 Å². The molecule has 14 heavy (non-hydrogen) atoms. The van der Waals surface area contributed by atoms with E-state index in [1.165, 1.54) is 0 Å². The van der Waals surface area contributed by atoms with E-state index in [4.69, 9.17) is 12.2 Å². The van der Waals surface area contributed by atoms with Crippen molar-refractivity contribution in [2.45, 2.75) is 0 Å².